The van der Waals surface area contributed by atoms with Crippen molar-refractivity contribution in [3.8, 4) is 11.3 Å². The molecule has 0 radical (unpaired) electrons. The molecule has 2 heteroatoms. The van der Waals surface area contributed by atoms with Crippen molar-refractivity contribution in [2.24, 2.45) is 0 Å². The molecule has 0 aliphatic heterocycles. The molecule has 1 aromatic heterocycles. The quantitative estimate of drug-likeness (QED) is 0.631. The van der Waals surface area contributed by atoms with Gasteiger partial charge in [0.1, 0.15) is 6.29 Å². The predicted octanol–water partition coefficient (Wildman–Crippen LogP) is 3.71. The summed E-state index contributed by atoms with van der Waals surface area (Å²) in [6, 6.07) is 19.5. The third-order valence-electron chi connectivity index (χ3n) is 2.92. The second kappa shape index (κ2) is 4.41. The molecule has 3 aromatic rings. The summed E-state index contributed by atoms with van der Waals surface area (Å²) in [6.45, 7) is 0. The van der Waals surface area contributed by atoms with E-state index < -0.39 is 0 Å². The Hall–Kier alpha value is -2.48. The van der Waals surface area contributed by atoms with Crippen molar-refractivity contribution < 1.29 is 4.79 Å². The van der Waals surface area contributed by atoms with E-state index >= 15 is 0 Å². The molecule has 1 heterocycles. The fourth-order valence-corrected chi connectivity index (χ4v) is 1.99. The van der Waals surface area contributed by atoms with E-state index in [0.717, 1.165) is 28.4 Å². The summed E-state index contributed by atoms with van der Waals surface area (Å²) < 4.78 is 0. The molecular weight excluding hydrogens is 222 g/mol. The van der Waals surface area contributed by atoms with E-state index in [0.29, 0.717) is 5.56 Å². The van der Waals surface area contributed by atoms with Gasteiger partial charge in [-0.2, -0.15) is 0 Å². The molecule has 0 unspecified atom stereocenters. The summed E-state index contributed by atoms with van der Waals surface area (Å²) in [5, 5.41) is 0.985. The lowest BCUT2D eigenvalue weighted by atomic mass is 10.1. The number of hydrogen-bond donors (Lipinski definition) is 0. The van der Waals surface area contributed by atoms with Crippen LogP contribution in [0.4, 0.5) is 0 Å². The van der Waals surface area contributed by atoms with Crippen molar-refractivity contribution in [2.75, 3.05) is 0 Å². The lowest BCUT2D eigenvalue weighted by Gasteiger charge is -2.03. The standard InChI is InChI=1S/C16H11NO/c18-11-12-6-8-16-14(10-12)7-9-15(17-16)13-4-2-1-3-5-13/h1-11H. The zero-order valence-corrected chi connectivity index (χ0v) is 9.71. The van der Waals surface area contributed by atoms with Crippen LogP contribution in [0, 0.1) is 0 Å². The molecule has 2 aromatic carbocycles. The van der Waals surface area contributed by atoms with Crippen molar-refractivity contribution >= 4 is 17.2 Å². The van der Waals surface area contributed by atoms with Gasteiger partial charge in [0.2, 0.25) is 0 Å². The highest BCUT2D eigenvalue weighted by molar-refractivity contribution is 5.88. The normalized spacial score (nSPS) is 10.4. The first-order chi connectivity index (χ1) is 8.86. The topological polar surface area (TPSA) is 30.0 Å². The van der Waals surface area contributed by atoms with Gasteiger partial charge in [-0.25, -0.2) is 4.98 Å². The molecule has 0 N–H and O–H groups in total. The number of aromatic nitrogens is 1. The van der Waals surface area contributed by atoms with Crippen LogP contribution >= 0.6 is 0 Å². The van der Waals surface area contributed by atoms with Gasteiger partial charge in [0.25, 0.3) is 0 Å². The fourth-order valence-electron chi connectivity index (χ4n) is 1.99. The minimum absolute atomic E-state index is 0.678. The van der Waals surface area contributed by atoms with Crippen LogP contribution in [0.2, 0.25) is 0 Å². The van der Waals surface area contributed by atoms with E-state index in [-0.39, 0.29) is 0 Å². The summed E-state index contributed by atoms with van der Waals surface area (Å²) in [4.78, 5) is 15.3. The Kier molecular flexibility index (Phi) is 2.61. The maximum absolute atomic E-state index is 10.7. The largest absolute Gasteiger partial charge is 0.298 e. The molecule has 86 valence electrons. The number of pyridine rings is 1. The maximum atomic E-state index is 10.7. The molecule has 0 aliphatic carbocycles. The van der Waals surface area contributed by atoms with Crippen LogP contribution in [-0.4, -0.2) is 11.3 Å². The first kappa shape index (κ1) is 10.7. The van der Waals surface area contributed by atoms with E-state index in [1.54, 1.807) is 6.07 Å². The number of nitrogens with zero attached hydrogens (tertiary/aromatic N) is 1. The number of aldehydes is 1. The number of rotatable bonds is 2. The molecule has 0 bridgehead atoms. The van der Waals surface area contributed by atoms with Gasteiger partial charge in [-0.05, 0) is 24.3 Å². The van der Waals surface area contributed by atoms with Crippen LogP contribution in [0.1, 0.15) is 10.4 Å². The number of hydrogen-bond acceptors (Lipinski definition) is 2. The zero-order chi connectivity index (χ0) is 12.4. The SMILES string of the molecule is O=Cc1ccc2nc(-c3ccccc3)ccc2c1. The Labute approximate surface area is 105 Å². The van der Waals surface area contributed by atoms with Crippen LogP contribution in [-0.2, 0) is 0 Å². The molecule has 0 saturated carbocycles. The number of carbonyl (C=O) groups excluding carboxylic acids is 1. The van der Waals surface area contributed by atoms with Crippen LogP contribution < -0.4 is 0 Å². The first-order valence-electron chi connectivity index (χ1n) is 5.78. The molecule has 0 saturated heterocycles. The highest BCUT2D eigenvalue weighted by Crippen LogP contribution is 2.21. The molecule has 0 fully saturated rings. The molecule has 3 rings (SSSR count). The van der Waals surface area contributed by atoms with Gasteiger partial charge in [-0.1, -0.05) is 36.4 Å². The van der Waals surface area contributed by atoms with E-state index in [2.05, 4.69) is 4.98 Å². The third-order valence-corrected chi connectivity index (χ3v) is 2.92. The molecule has 0 aliphatic rings. The van der Waals surface area contributed by atoms with Gasteiger partial charge < -0.3 is 0 Å². The van der Waals surface area contributed by atoms with Crippen molar-refractivity contribution in [3.63, 3.8) is 0 Å². The number of carbonyl (C=O) groups is 1. The fraction of sp³-hybridized carbons (Fsp3) is 0. The lowest BCUT2D eigenvalue weighted by molar-refractivity contribution is 0.112. The third kappa shape index (κ3) is 1.89. The number of fused-ring (bicyclic) bond motifs is 1. The Morgan fingerprint density at radius 2 is 1.72 bits per heavy atom. The van der Waals surface area contributed by atoms with Gasteiger partial charge >= 0.3 is 0 Å². The smallest absolute Gasteiger partial charge is 0.150 e. The lowest BCUT2D eigenvalue weighted by Crippen LogP contribution is -1.86. The van der Waals surface area contributed by atoms with Gasteiger partial charge in [-0.15, -0.1) is 0 Å². The summed E-state index contributed by atoms with van der Waals surface area (Å²) in [6.07, 6.45) is 0.852. The van der Waals surface area contributed by atoms with Crippen molar-refractivity contribution in [3.05, 3.63) is 66.2 Å². The molecule has 2 nitrogen and oxygen atoms in total. The predicted molar refractivity (Wildman–Crippen MR) is 72.6 cm³/mol. The van der Waals surface area contributed by atoms with Crippen LogP contribution in [0.15, 0.2) is 60.7 Å². The molecule has 18 heavy (non-hydrogen) atoms. The Morgan fingerprint density at radius 1 is 0.889 bits per heavy atom. The molecule has 0 atom stereocenters. The Balaban J connectivity index is 2.15. The average Bonchev–Trinajstić information content (AvgIpc) is 2.47. The summed E-state index contributed by atoms with van der Waals surface area (Å²) >= 11 is 0. The average molecular weight is 233 g/mol. The molecule has 0 spiro atoms. The van der Waals surface area contributed by atoms with E-state index in [1.165, 1.54) is 0 Å². The van der Waals surface area contributed by atoms with E-state index in [1.807, 2.05) is 54.6 Å². The second-order valence-corrected chi connectivity index (χ2v) is 4.13. The molecule has 0 amide bonds. The Bertz CT molecular complexity index is 705. The number of benzene rings is 2. The van der Waals surface area contributed by atoms with E-state index in [4.69, 9.17) is 0 Å². The maximum Gasteiger partial charge on any atom is 0.150 e. The minimum Gasteiger partial charge on any atom is -0.298 e. The van der Waals surface area contributed by atoms with Crippen molar-refractivity contribution in [1.82, 2.24) is 4.98 Å². The Morgan fingerprint density at radius 3 is 2.50 bits per heavy atom. The minimum atomic E-state index is 0.678. The summed E-state index contributed by atoms with van der Waals surface area (Å²) in [5.41, 5.74) is 3.62. The monoisotopic (exact) mass is 233 g/mol. The van der Waals surface area contributed by atoms with Crippen molar-refractivity contribution in [2.45, 2.75) is 0 Å². The second-order valence-electron chi connectivity index (χ2n) is 4.13. The highest BCUT2D eigenvalue weighted by atomic mass is 16.1. The zero-order valence-electron chi connectivity index (χ0n) is 9.71. The summed E-state index contributed by atoms with van der Waals surface area (Å²) in [5.74, 6) is 0. The van der Waals surface area contributed by atoms with Gasteiger partial charge in [0.15, 0.2) is 0 Å². The molecular formula is C16H11NO. The van der Waals surface area contributed by atoms with Crippen LogP contribution in [0.25, 0.3) is 22.2 Å². The van der Waals surface area contributed by atoms with Gasteiger partial charge in [-0.3, -0.25) is 4.79 Å². The van der Waals surface area contributed by atoms with Gasteiger partial charge in [0.05, 0.1) is 11.2 Å². The highest BCUT2D eigenvalue weighted by Gasteiger charge is 2.01. The van der Waals surface area contributed by atoms with E-state index in [9.17, 15) is 4.79 Å². The van der Waals surface area contributed by atoms with Crippen LogP contribution in [0.5, 0.6) is 0 Å². The first-order valence-corrected chi connectivity index (χ1v) is 5.78. The van der Waals surface area contributed by atoms with Crippen molar-refractivity contribution in [1.29, 1.82) is 0 Å². The summed E-state index contributed by atoms with van der Waals surface area (Å²) in [7, 11) is 0. The van der Waals surface area contributed by atoms with Crippen LogP contribution in [0.3, 0.4) is 0 Å². The van der Waals surface area contributed by atoms with Gasteiger partial charge in [0, 0.05) is 16.5 Å².